The summed E-state index contributed by atoms with van der Waals surface area (Å²) in [6, 6.07) is 0.926. The summed E-state index contributed by atoms with van der Waals surface area (Å²) in [4.78, 5) is 2.82. The molecule has 3 aliphatic rings. The Morgan fingerprint density at radius 2 is 1.83 bits per heavy atom. The number of hydrogen-bond acceptors (Lipinski definition) is 2. The van der Waals surface area contributed by atoms with Gasteiger partial charge < -0.3 is 9.64 Å². The fraction of sp³-hybridized carbons (Fsp3) is 1.00. The topological polar surface area (TPSA) is 12.5 Å². The van der Waals surface area contributed by atoms with Crippen LogP contribution in [-0.4, -0.2) is 37.2 Å². The first-order valence-corrected chi connectivity index (χ1v) is 8.09. The minimum absolute atomic E-state index is 0.500. The summed E-state index contributed by atoms with van der Waals surface area (Å²) in [5.74, 6) is 1.02. The van der Waals surface area contributed by atoms with E-state index in [0.717, 1.165) is 25.2 Å². The van der Waals surface area contributed by atoms with Gasteiger partial charge in [-0.2, -0.15) is 0 Å². The fourth-order valence-electron chi connectivity index (χ4n) is 4.19. The molecular formula is C16H29NO. The number of hydrogen-bond donors (Lipinski definition) is 0. The molecule has 0 spiro atoms. The Balaban J connectivity index is 1.50. The van der Waals surface area contributed by atoms with E-state index in [1.807, 2.05) is 0 Å². The zero-order chi connectivity index (χ0) is 12.4. The van der Waals surface area contributed by atoms with Gasteiger partial charge in [-0.25, -0.2) is 0 Å². The third-order valence-corrected chi connectivity index (χ3v) is 5.51. The maximum absolute atomic E-state index is 5.38. The average molecular weight is 251 g/mol. The zero-order valence-corrected chi connectivity index (χ0v) is 12.0. The summed E-state index contributed by atoms with van der Waals surface area (Å²) in [7, 11) is 0. The highest BCUT2D eigenvalue weighted by Gasteiger charge is 2.36. The largest absolute Gasteiger partial charge is 0.380 e. The van der Waals surface area contributed by atoms with E-state index in [1.165, 1.54) is 64.5 Å². The molecule has 104 valence electrons. The lowest BCUT2D eigenvalue weighted by Crippen LogP contribution is -2.44. The first-order chi connectivity index (χ1) is 8.77. The molecule has 18 heavy (non-hydrogen) atoms. The van der Waals surface area contributed by atoms with Crippen molar-refractivity contribution in [3.63, 3.8) is 0 Å². The van der Waals surface area contributed by atoms with Crippen molar-refractivity contribution in [2.75, 3.05) is 26.3 Å². The van der Waals surface area contributed by atoms with Crippen LogP contribution in [0.2, 0.25) is 0 Å². The molecule has 0 aromatic rings. The highest BCUT2D eigenvalue weighted by Crippen LogP contribution is 2.36. The molecule has 0 bridgehead atoms. The lowest BCUT2D eigenvalue weighted by Gasteiger charge is -2.41. The Kier molecular flexibility index (Phi) is 3.95. The van der Waals surface area contributed by atoms with Gasteiger partial charge in [-0.05, 0) is 51.1 Å². The van der Waals surface area contributed by atoms with Crippen molar-refractivity contribution >= 4 is 0 Å². The first kappa shape index (κ1) is 12.9. The van der Waals surface area contributed by atoms with Crippen LogP contribution >= 0.6 is 0 Å². The highest BCUT2D eigenvalue weighted by molar-refractivity contribution is 4.89. The molecule has 0 aromatic heterocycles. The molecule has 2 heteroatoms. The van der Waals surface area contributed by atoms with Gasteiger partial charge in [-0.15, -0.1) is 0 Å². The quantitative estimate of drug-likeness (QED) is 0.758. The second kappa shape index (κ2) is 5.50. The van der Waals surface area contributed by atoms with Crippen molar-refractivity contribution in [3.8, 4) is 0 Å². The van der Waals surface area contributed by atoms with E-state index in [0.29, 0.717) is 5.41 Å². The van der Waals surface area contributed by atoms with Gasteiger partial charge in [-0.1, -0.05) is 26.2 Å². The van der Waals surface area contributed by atoms with Crippen molar-refractivity contribution in [2.24, 2.45) is 11.3 Å². The number of likely N-dealkylation sites (tertiary alicyclic amines) is 1. The second-order valence-corrected chi connectivity index (χ2v) is 7.20. The van der Waals surface area contributed by atoms with Crippen molar-refractivity contribution < 1.29 is 4.74 Å². The lowest BCUT2D eigenvalue weighted by atomic mass is 9.82. The van der Waals surface area contributed by atoms with Gasteiger partial charge in [-0.3, -0.25) is 0 Å². The second-order valence-electron chi connectivity index (χ2n) is 7.20. The van der Waals surface area contributed by atoms with Crippen LogP contribution in [0.1, 0.15) is 58.3 Å². The van der Waals surface area contributed by atoms with Crippen LogP contribution in [0.15, 0.2) is 0 Å². The summed E-state index contributed by atoms with van der Waals surface area (Å²) < 4.78 is 5.38. The van der Waals surface area contributed by atoms with Crippen LogP contribution in [-0.2, 0) is 4.74 Å². The van der Waals surface area contributed by atoms with Gasteiger partial charge in [0, 0.05) is 11.5 Å². The average Bonchev–Trinajstić information content (AvgIpc) is 2.83. The molecule has 2 saturated heterocycles. The van der Waals surface area contributed by atoms with Gasteiger partial charge in [0.25, 0.3) is 0 Å². The standard InChI is InChI=1S/C16H29NO/c1-16(12-18-13-16)9-11-17-10-5-8-15(17)14-6-3-2-4-7-14/h14-15H,2-13H2,1H3. The normalized spacial score (nSPS) is 33.5. The van der Waals surface area contributed by atoms with Gasteiger partial charge in [0.2, 0.25) is 0 Å². The predicted molar refractivity (Wildman–Crippen MR) is 74.7 cm³/mol. The van der Waals surface area contributed by atoms with Crippen LogP contribution in [0.5, 0.6) is 0 Å². The van der Waals surface area contributed by atoms with Crippen molar-refractivity contribution in [2.45, 2.75) is 64.3 Å². The van der Waals surface area contributed by atoms with E-state index in [1.54, 1.807) is 0 Å². The molecule has 2 aliphatic heterocycles. The van der Waals surface area contributed by atoms with Crippen molar-refractivity contribution in [3.05, 3.63) is 0 Å². The SMILES string of the molecule is CC1(CCN2CCCC2C2CCCCC2)COC1. The molecule has 1 aliphatic carbocycles. The zero-order valence-electron chi connectivity index (χ0n) is 12.0. The van der Waals surface area contributed by atoms with Gasteiger partial charge in [0.05, 0.1) is 13.2 Å². The maximum atomic E-state index is 5.38. The summed E-state index contributed by atoms with van der Waals surface area (Å²) in [6.45, 7) is 7.06. The molecule has 0 amide bonds. The monoisotopic (exact) mass is 251 g/mol. The lowest BCUT2D eigenvalue weighted by molar-refractivity contribution is -0.109. The van der Waals surface area contributed by atoms with Crippen molar-refractivity contribution in [1.82, 2.24) is 4.90 Å². The molecule has 1 unspecified atom stereocenters. The summed E-state index contributed by atoms with van der Waals surface area (Å²) in [6.07, 6.45) is 11.7. The van der Waals surface area contributed by atoms with E-state index in [9.17, 15) is 0 Å². The molecule has 2 nitrogen and oxygen atoms in total. The summed E-state index contributed by atoms with van der Waals surface area (Å²) in [5, 5.41) is 0. The Bertz CT molecular complexity index is 268. The Hall–Kier alpha value is -0.0800. The molecule has 1 saturated carbocycles. The van der Waals surface area contributed by atoms with Crippen LogP contribution < -0.4 is 0 Å². The van der Waals surface area contributed by atoms with Crippen LogP contribution in [0.25, 0.3) is 0 Å². The van der Waals surface area contributed by atoms with Crippen LogP contribution in [0.4, 0.5) is 0 Å². The fourth-order valence-corrected chi connectivity index (χ4v) is 4.19. The molecule has 1 atom stereocenters. The van der Waals surface area contributed by atoms with Crippen molar-refractivity contribution in [1.29, 1.82) is 0 Å². The molecule has 3 rings (SSSR count). The third-order valence-electron chi connectivity index (χ3n) is 5.51. The van der Waals surface area contributed by atoms with Gasteiger partial charge >= 0.3 is 0 Å². The highest BCUT2D eigenvalue weighted by atomic mass is 16.5. The van der Waals surface area contributed by atoms with E-state index < -0.39 is 0 Å². The Morgan fingerprint density at radius 1 is 1.06 bits per heavy atom. The van der Waals surface area contributed by atoms with E-state index in [2.05, 4.69) is 11.8 Å². The van der Waals surface area contributed by atoms with Gasteiger partial charge in [0.1, 0.15) is 0 Å². The molecule has 2 heterocycles. The van der Waals surface area contributed by atoms with E-state index >= 15 is 0 Å². The Morgan fingerprint density at radius 3 is 2.50 bits per heavy atom. The van der Waals surface area contributed by atoms with E-state index in [-0.39, 0.29) is 0 Å². The molecule has 3 fully saturated rings. The molecule has 0 aromatic carbocycles. The predicted octanol–water partition coefficient (Wildman–Crippen LogP) is 3.46. The molecular weight excluding hydrogens is 222 g/mol. The molecule has 0 radical (unpaired) electrons. The number of ether oxygens (including phenoxy) is 1. The number of rotatable bonds is 4. The third kappa shape index (κ3) is 2.75. The smallest absolute Gasteiger partial charge is 0.0542 e. The first-order valence-electron chi connectivity index (χ1n) is 8.09. The van der Waals surface area contributed by atoms with Crippen LogP contribution in [0, 0.1) is 11.3 Å². The minimum atomic E-state index is 0.500. The molecule has 0 N–H and O–H groups in total. The maximum Gasteiger partial charge on any atom is 0.0542 e. The summed E-state index contributed by atoms with van der Waals surface area (Å²) in [5.41, 5.74) is 0.500. The van der Waals surface area contributed by atoms with Gasteiger partial charge in [0.15, 0.2) is 0 Å². The summed E-state index contributed by atoms with van der Waals surface area (Å²) >= 11 is 0. The Labute approximate surface area is 112 Å². The van der Waals surface area contributed by atoms with E-state index in [4.69, 9.17) is 4.74 Å². The minimum Gasteiger partial charge on any atom is -0.380 e. The van der Waals surface area contributed by atoms with Crippen LogP contribution in [0.3, 0.4) is 0 Å². The number of nitrogens with zero attached hydrogens (tertiary/aromatic N) is 1.